The lowest BCUT2D eigenvalue weighted by atomic mass is 10.2. The molecule has 0 saturated heterocycles. The molecule has 1 aromatic rings. The Morgan fingerprint density at radius 1 is 1.47 bits per heavy atom. The van der Waals surface area contributed by atoms with Crippen LogP contribution in [0.2, 0.25) is 0 Å². The molecule has 0 spiro atoms. The predicted octanol–water partition coefficient (Wildman–Crippen LogP) is 3.32. The van der Waals surface area contributed by atoms with Crippen molar-refractivity contribution in [1.82, 2.24) is 4.78 Å². The summed E-state index contributed by atoms with van der Waals surface area (Å²) in [5.74, 6) is 0.264. The van der Waals surface area contributed by atoms with Crippen LogP contribution in [0.15, 0.2) is 29.4 Å². The molecule has 3 nitrogen and oxygen atoms in total. The van der Waals surface area contributed by atoms with E-state index in [9.17, 15) is 0 Å². The van der Waals surface area contributed by atoms with E-state index in [1.54, 1.807) is 18.3 Å². The topological polar surface area (TPSA) is 35.8 Å². The lowest BCUT2D eigenvalue weighted by Gasteiger charge is -2.06. The van der Waals surface area contributed by atoms with E-state index in [0.29, 0.717) is 5.66 Å². The number of nitrogens with zero attached hydrogens (tertiary/aromatic N) is 2. The molecule has 0 fully saturated rings. The molecule has 0 aromatic heterocycles. The fraction of sp³-hybridized carbons (Fsp3) is 0.417. The summed E-state index contributed by atoms with van der Waals surface area (Å²) in [7, 11) is 1.92. The Morgan fingerprint density at radius 2 is 2.06 bits per heavy atom. The molecular formula is C12H18N2OPS+. The zero-order valence-corrected chi connectivity index (χ0v) is 12.1. The van der Waals surface area contributed by atoms with Crippen LogP contribution < -0.4 is 0 Å². The highest BCUT2D eigenvalue weighted by molar-refractivity contribution is 8.04. The van der Waals surface area contributed by atoms with E-state index >= 15 is 0 Å². The quantitative estimate of drug-likeness (QED) is 0.506. The van der Waals surface area contributed by atoms with Gasteiger partial charge >= 0.3 is 6.85 Å². The second-order valence-electron chi connectivity index (χ2n) is 3.89. The van der Waals surface area contributed by atoms with Crippen LogP contribution in [-0.2, 0) is 11.8 Å². The summed E-state index contributed by atoms with van der Waals surface area (Å²) in [5, 5.41) is 13.5. The van der Waals surface area contributed by atoms with Gasteiger partial charge in [-0.1, -0.05) is 6.92 Å². The largest absolute Gasteiger partial charge is 0.508 e. The first kappa shape index (κ1) is 14.1. The van der Waals surface area contributed by atoms with E-state index in [1.807, 2.05) is 24.0 Å². The first-order valence-electron chi connectivity index (χ1n) is 5.57. The van der Waals surface area contributed by atoms with Crippen LogP contribution >= 0.6 is 6.85 Å². The molecule has 1 aromatic carbocycles. The minimum Gasteiger partial charge on any atom is -0.508 e. The highest BCUT2D eigenvalue weighted by Gasteiger charge is 2.23. The van der Waals surface area contributed by atoms with Gasteiger partial charge in [0.2, 0.25) is 0 Å². The molecule has 0 amide bonds. The third-order valence-corrected chi connectivity index (χ3v) is 6.10. The molecule has 0 bridgehead atoms. The van der Waals surface area contributed by atoms with Crippen LogP contribution in [0.1, 0.15) is 25.8 Å². The molecule has 0 aliphatic heterocycles. The molecular weight excluding hydrogens is 251 g/mol. The zero-order valence-electron chi connectivity index (χ0n) is 10.4. The third kappa shape index (κ3) is 4.41. The van der Waals surface area contributed by atoms with Crippen molar-refractivity contribution < 1.29 is 5.11 Å². The van der Waals surface area contributed by atoms with Gasteiger partial charge in [-0.05, 0) is 43.2 Å². The van der Waals surface area contributed by atoms with E-state index in [4.69, 9.17) is 16.9 Å². The van der Waals surface area contributed by atoms with E-state index < -0.39 is 6.85 Å². The Bertz CT molecular complexity index is 405. The Labute approximate surface area is 109 Å². The fourth-order valence-electron chi connectivity index (χ4n) is 1.20. The molecule has 1 N–H and O–H groups in total. The van der Waals surface area contributed by atoms with E-state index in [2.05, 4.69) is 18.9 Å². The number of aromatic hydroxyl groups is 1. The molecule has 0 aliphatic rings. The summed E-state index contributed by atoms with van der Waals surface area (Å²) < 4.78 is 1.87. The van der Waals surface area contributed by atoms with Gasteiger partial charge in [-0.25, -0.2) is 0 Å². The van der Waals surface area contributed by atoms with Crippen LogP contribution in [0, 0.1) is 0 Å². The van der Waals surface area contributed by atoms with Crippen LogP contribution in [0.5, 0.6) is 5.75 Å². The minimum absolute atomic E-state index is 0.264. The van der Waals surface area contributed by atoms with Gasteiger partial charge in [0.1, 0.15) is 5.75 Å². The number of hydrogen-bond acceptors (Lipinski definition) is 3. The summed E-state index contributed by atoms with van der Waals surface area (Å²) in [4.78, 5) is 0. The maximum atomic E-state index is 9.16. The molecule has 0 saturated carbocycles. The second-order valence-corrected chi connectivity index (χ2v) is 7.07. The first-order valence-corrected chi connectivity index (χ1v) is 7.95. The summed E-state index contributed by atoms with van der Waals surface area (Å²) in [6.45, 7) is 3.66. The molecule has 0 aliphatic carbocycles. The molecule has 5 heteroatoms. The molecule has 2 unspecified atom stereocenters. The van der Waals surface area contributed by atoms with Gasteiger partial charge in [0.15, 0.2) is 17.5 Å². The van der Waals surface area contributed by atoms with Crippen LogP contribution in [0.3, 0.4) is 0 Å². The van der Waals surface area contributed by atoms with E-state index in [1.165, 1.54) is 0 Å². The highest BCUT2D eigenvalue weighted by Crippen LogP contribution is 2.33. The van der Waals surface area contributed by atoms with Gasteiger partial charge in [-0.15, -0.1) is 9.88 Å². The van der Waals surface area contributed by atoms with Gasteiger partial charge in [0, 0.05) is 0 Å². The number of phenols is 1. The number of rotatable bonds is 5. The summed E-state index contributed by atoms with van der Waals surface area (Å²) in [5.41, 5.74) is 1.46. The van der Waals surface area contributed by atoms with Crippen molar-refractivity contribution in [2.24, 2.45) is 5.10 Å². The van der Waals surface area contributed by atoms with Crippen molar-refractivity contribution in [2.45, 2.75) is 25.9 Å². The van der Waals surface area contributed by atoms with Crippen LogP contribution in [0.25, 0.3) is 0 Å². The maximum absolute atomic E-state index is 9.16. The van der Waals surface area contributed by atoms with Gasteiger partial charge in [0.05, 0.1) is 13.3 Å². The molecule has 1 rings (SSSR count). The monoisotopic (exact) mass is 269 g/mol. The molecule has 0 heterocycles. The standard InChI is InChI=1S/C12H17N2OPS/c1-4-10(2)16(17)14(3)13-9-11-5-7-12(15)8-6-11/h5-10H,4H2,1-3H3/p+1. The van der Waals surface area contributed by atoms with Crippen molar-refractivity contribution in [2.75, 3.05) is 7.05 Å². The number of hydrogen-bond donors (Lipinski definition) is 1. The molecule has 0 radical (unpaired) electrons. The molecule has 92 valence electrons. The molecule has 2 atom stereocenters. The van der Waals surface area contributed by atoms with Gasteiger partial charge in [-0.2, -0.15) is 0 Å². The summed E-state index contributed by atoms with van der Waals surface area (Å²) in [6, 6.07) is 6.93. The number of phenolic OH excluding ortho intramolecular Hbond substituents is 1. The Morgan fingerprint density at radius 3 is 2.59 bits per heavy atom. The Balaban J connectivity index is 2.64. The average molecular weight is 269 g/mol. The fourth-order valence-corrected chi connectivity index (χ4v) is 2.81. The third-order valence-electron chi connectivity index (χ3n) is 2.52. The predicted molar refractivity (Wildman–Crippen MR) is 77.5 cm³/mol. The minimum atomic E-state index is -0.636. The van der Waals surface area contributed by atoms with Gasteiger partial charge in [0.25, 0.3) is 0 Å². The second kappa shape index (κ2) is 6.67. The van der Waals surface area contributed by atoms with Crippen molar-refractivity contribution in [1.29, 1.82) is 0 Å². The Kier molecular flexibility index (Phi) is 5.52. The highest BCUT2D eigenvalue weighted by atomic mass is 32.4. The maximum Gasteiger partial charge on any atom is 0.313 e. The lowest BCUT2D eigenvalue weighted by molar-refractivity contribution is 0.475. The number of hydrazone groups is 1. The lowest BCUT2D eigenvalue weighted by Crippen LogP contribution is -2.07. The Hall–Kier alpha value is -0.990. The van der Waals surface area contributed by atoms with Crippen LogP contribution in [0.4, 0.5) is 0 Å². The van der Waals surface area contributed by atoms with Crippen molar-refractivity contribution in [3.05, 3.63) is 29.8 Å². The number of benzene rings is 1. The van der Waals surface area contributed by atoms with Crippen molar-refractivity contribution in [3.63, 3.8) is 0 Å². The summed E-state index contributed by atoms with van der Waals surface area (Å²) >= 11 is 5.46. The van der Waals surface area contributed by atoms with Gasteiger partial charge < -0.3 is 5.11 Å². The zero-order chi connectivity index (χ0) is 12.8. The van der Waals surface area contributed by atoms with Crippen LogP contribution in [-0.4, -0.2) is 28.8 Å². The average Bonchev–Trinajstić information content (AvgIpc) is 2.35. The van der Waals surface area contributed by atoms with Gasteiger partial charge in [-0.3, -0.25) is 0 Å². The van der Waals surface area contributed by atoms with Crippen molar-refractivity contribution in [3.8, 4) is 5.75 Å². The van der Waals surface area contributed by atoms with Crippen molar-refractivity contribution >= 4 is 24.9 Å². The van der Waals surface area contributed by atoms with E-state index in [0.717, 1.165) is 12.0 Å². The summed E-state index contributed by atoms with van der Waals surface area (Å²) in [6.07, 6.45) is 2.84. The normalized spacial score (nSPS) is 13.7. The first-order chi connectivity index (χ1) is 8.04. The van der Waals surface area contributed by atoms with E-state index in [-0.39, 0.29) is 5.75 Å². The smallest absolute Gasteiger partial charge is 0.313 e. The molecule has 17 heavy (non-hydrogen) atoms. The SMILES string of the molecule is CCC(C)[P+](=S)N(C)/N=C/c1ccc(O)cc1.